The topological polar surface area (TPSA) is 228 Å². The zero-order chi connectivity index (χ0) is 32.8. The number of nitrogens with zero attached hydrogens (tertiary/aromatic N) is 6. The Morgan fingerprint density at radius 3 is 1.19 bits per heavy atom. The third kappa shape index (κ3) is 8.47. The molecule has 6 aromatic rings. The van der Waals surface area contributed by atoms with Gasteiger partial charge in [0.05, 0.1) is 32.6 Å². The predicted octanol–water partition coefficient (Wildman–Crippen LogP) is 3.62. The summed E-state index contributed by atoms with van der Waals surface area (Å²) in [6.07, 6.45) is 0. The van der Waals surface area contributed by atoms with Crippen molar-refractivity contribution in [3.05, 3.63) is 129 Å². The maximum Gasteiger partial charge on any atom is 3.00 e. The van der Waals surface area contributed by atoms with Crippen LogP contribution < -0.4 is 50.0 Å². The van der Waals surface area contributed by atoms with Crippen LogP contribution in [0.15, 0.2) is 130 Å². The van der Waals surface area contributed by atoms with Gasteiger partial charge in [-0.2, -0.15) is 20.5 Å². The number of azo groups is 2. The van der Waals surface area contributed by atoms with Gasteiger partial charge in [-0.15, -0.1) is 0 Å². The molecule has 0 aliphatic heterocycles. The average Bonchev–Trinajstić information content (AvgIpc) is 3.05. The Morgan fingerprint density at radius 2 is 0.833 bits per heavy atom. The van der Waals surface area contributed by atoms with Gasteiger partial charge in [-0.05, 0) is 22.9 Å². The Hall–Kier alpha value is -5.45. The molecule has 0 unspecified atom stereocenters. The van der Waals surface area contributed by atoms with Gasteiger partial charge in [-0.1, -0.05) is 95.8 Å². The molecule has 0 aromatic heterocycles. The van der Waals surface area contributed by atoms with Crippen LogP contribution in [0.5, 0.6) is 23.0 Å². The van der Waals surface area contributed by atoms with Gasteiger partial charge in [0.1, 0.15) is 0 Å². The van der Waals surface area contributed by atoms with Crippen molar-refractivity contribution in [2.45, 2.75) is 0 Å². The van der Waals surface area contributed by atoms with E-state index >= 15 is 0 Å². The molecule has 16 heteroatoms. The van der Waals surface area contributed by atoms with Crippen LogP contribution in [-0.4, -0.2) is 9.85 Å². The van der Waals surface area contributed by atoms with Gasteiger partial charge in [0.15, 0.2) is 0 Å². The summed E-state index contributed by atoms with van der Waals surface area (Å²) in [6, 6.07) is 26.9. The van der Waals surface area contributed by atoms with Gasteiger partial charge in [0, 0.05) is 35.0 Å². The van der Waals surface area contributed by atoms with Gasteiger partial charge >= 0.3 is 46.3 Å². The van der Waals surface area contributed by atoms with Crippen LogP contribution in [0.1, 0.15) is 0 Å². The first-order valence-electron chi connectivity index (χ1n) is 13.2. The Bertz CT molecular complexity index is 2040. The van der Waals surface area contributed by atoms with Crippen molar-refractivity contribution in [3.8, 4) is 23.0 Å². The molecule has 0 heterocycles. The smallest absolute Gasteiger partial charge is 0.871 e. The molecule has 0 fully saturated rings. The molecule has 14 nitrogen and oxygen atoms in total. The first kappa shape index (κ1) is 37.0. The Morgan fingerprint density at radius 1 is 0.458 bits per heavy atom. The standard InChI is InChI=1S/2C16H11N3O4.Co.Na/c2*20-14-8-5-10-3-1-2-4-12(10)16(14)18-17-13-7-6-11(19(22)23)9-15(13)21;;/h2*1-9,20-21H;;/q;;+3;+1/p-4. The van der Waals surface area contributed by atoms with E-state index in [1.165, 1.54) is 24.3 Å². The normalized spacial score (nSPS) is 10.7. The van der Waals surface area contributed by atoms with Crippen LogP contribution >= 0.6 is 0 Å². The molecule has 0 atom stereocenters. The Balaban J connectivity index is 0.000000250. The summed E-state index contributed by atoms with van der Waals surface area (Å²) in [4.78, 5) is 19.9. The second-order valence-corrected chi connectivity index (χ2v) is 9.49. The van der Waals surface area contributed by atoms with Crippen molar-refractivity contribution in [2.24, 2.45) is 20.5 Å². The van der Waals surface area contributed by atoms with E-state index in [4.69, 9.17) is 0 Å². The van der Waals surface area contributed by atoms with E-state index in [1.807, 2.05) is 24.3 Å². The zero-order valence-electron chi connectivity index (χ0n) is 24.7. The monoisotopic (exact) mass is 696 g/mol. The molecule has 0 bridgehead atoms. The molecular weight excluding hydrogens is 678 g/mol. The molecule has 0 aliphatic carbocycles. The van der Waals surface area contributed by atoms with Crippen molar-refractivity contribution in [1.82, 2.24) is 0 Å². The second kappa shape index (κ2) is 16.4. The fraction of sp³-hybridized carbons (Fsp3) is 0. The van der Waals surface area contributed by atoms with Crippen LogP contribution in [0.25, 0.3) is 21.5 Å². The number of benzene rings is 6. The van der Waals surface area contributed by atoms with E-state index in [-0.39, 0.29) is 92.0 Å². The van der Waals surface area contributed by atoms with Gasteiger partial charge in [-0.25, -0.2) is 0 Å². The van der Waals surface area contributed by atoms with E-state index in [0.29, 0.717) is 10.8 Å². The van der Waals surface area contributed by atoms with Gasteiger partial charge in [0.25, 0.3) is 11.4 Å². The molecule has 234 valence electrons. The number of nitro benzene ring substituents is 2. The van der Waals surface area contributed by atoms with Crippen molar-refractivity contribution >= 4 is 55.7 Å². The second-order valence-electron chi connectivity index (χ2n) is 9.49. The summed E-state index contributed by atoms with van der Waals surface area (Å²) in [6.45, 7) is 0. The number of rotatable bonds is 6. The third-order valence-corrected chi connectivity index (χ3v) is 6.55. The Labute approximate surface area is 303 Å². The number of fused-ring (bicyclic) bond motifs is 2. The quantitative estimate of drug-likeness (QED) is 0.108. The van der Waals surface area contributed by atoms with E-state index in [0.717, 1.165) is 35.0 Å². The molecule has 48 heavy (non-hydrogen) atoms. The van der Waals surface area contributed by atoms with Crippen LogP contribution in [-0.2, 0) is 16.8 Å². The molecular formula is C32H18CoN6NaO8. The summed E-state index contributed by atoms with van der Waals surface area (Å²) in [5, 5.41) is 86.9. The van der Waals surface area contributed by atoms with Crippen molar-refractivity contribution in [1.29, 1.82) is 0 Å². The molecule has 0 aliphatic rings. The number of hydrogen-bond acceptors (Lipinski definition) is 12. The van der Waals surface area contributed by atoms with Crippen molar-refractivity contribution in [2.75, 3.05) is 0 Å². The molecule has 0 saturated heterocycles. The van der Waals surface area contributed by atoms with E-state index in [2.05, 4.69) is 20.5 Å². The summed E-state index contributed by atoms with van der Waals surface area (Å²) in [5.74, 6) is -1.89. The molecule has 0 spiro atoms. The fourth-order valence-corrected chi connectivity index (χ4v) is 4.28. The SMILES string of the molecule is O=[N+]([O-])c1ccc(N=Nc2c([O-])ccc3ccccc23)c([O-])c1.O=[N+]([O-])c1ccc(N=Nc2c([O-])ccc3ccccc23)c([O-])c1.[Co+3].[Na+]. The number of nitro groups is 2. The average molecular weight is 696 g/mol. The maximum absolute atomic E-state index is 12.0. The van der Waals surface area contributed by atoms with Crippen molar-refractivity contribution < 1.29 is 76.6 Å². The third-order valence-electron chi connectivity index (χ3n) is 6.55. The van der Waals surface area contributed by atoms with Crippen LogP contribution in [0.4, 0.5) is 34.1 Å². The predicted molar refractivity (Wildman–Crippen MR) is 160 cm³/mol. The minimum atomic E-state index is -0.664. The zero-order valence-corrected chi connectivity index (χ0v) is 27.7. The summed E-state index contributed by atoms with van der Waals surface area (Å²) in [7, 11) is 0. The van der Waals surface area contributed by atoms with Crippen LogP contribution in [0.3, 0.4) is 0 Å². The van der Waals surface area contributed by atoms with Gasteiger partial charge in [-0.3, -0.25) is 20.2 Å². The maximum atomic E-state index is 12.0. The largest absolute Gasteiger partial charge is 3.00 e. The molecule has 0 amide bonds. The minimum absolute atomic E-state index is 0. The molecule has 6 aromatic carbocycles. The molecule has 0 saturated carbocycles. The number of hydrogen-bond donors (Lipinski definition) is 0. The van der Waals surface area contributed by atoms with Crippen LogP contribution in [0, 0.1) is 20.2 Å². The van der Waals surface area contributed by atoms with Crippen LogP contribution in [0.2, 0.25) is 0 Å². The first-order valence-corrected chi connectivity index (χ1v) is 13.2. The van der Waals surface area contributed by atoms with Crippen molar-refractivity contribution in [3.63, 3.8) is 0 Å². The Kier molecular flexibility index (Phi) is 12.6. The number of non-ortho nitro benzene ring substituents is 2. The molecule has 6 rings (SSSR count). The summed E-state index contributed by atoms with van der Waals surface area (Å²) < 4.78 is 0. The summed E-state index contributed by atoms with van der Waals surface area (Å²) in [5.41, 5.74) is -0.514. The molecule has 0 N–H and O–H groups in total. The van der Waals surface area contributed by atoms with E-state index < -0.39 is 21.3 Å². The molecule has 0 radical (unpaired) electrons. The fourth-order valence-electron chi connectivity index (χ4n) is 4.28. The first-order chi connectivity index (χ1) is 22.1. The minimum Gasteiger partial charge on any atom is -0.871 e. The van der Waals surface area contributed by atoms with Gasteiger partial charge in [0.2, 0.25) is 0 Å². The van der Waals surface area contributed by atoms with E-state index in [9.17, 15) is 40.7 Å². The van der Waals surface area contributed by atoms with Gasteiger partial charge < -0.3 is 20.4 Å². The van der Waals surface area contributed by atoms with E-state index in [1.54, 1.807) is 36.4 Å². The summed E-state index contributed by atoms with van der Waals surface area (Å²) >= 11 is 0.